The first-order chi connectivity index (χ1) is 14.8. The molecule has 2 aromatic carbocycles. The van der Waals surface area contributed by atoms with Crippen LogP contribution in [-0.2, 0) is 0 Å². The van der Waals surface area contributed by atoms with Crippen LogP contribution in [0.25, 0.3) is 0 Å². The van der Waals surface area contributed by atoms with Crippen LogP contribution in [-0.4, -0.2) is 35.0 Å². The van der Waals surface area contributed by atoms with Crippen LogP contribution in [0, 0.1) is 0 Å². The van der Waals surface area contributed by atoms with Gasteiger partial charge in [0.15, 0.2) is 0 Å². The summed E-state index contributed by atoms with van der Waals surface area (Å²) >= 11 is 1.89. The van der Waals surface area contributed by atoms with Gasteiger partial charge in [-0.1, -0.05) is 60.7 Å². The first-order valence-electron chi connectivity index (χ1n) is 10.4. The van der Waals surface area contributed by atoms with Crippen LogP contribution in [0.1, 0.15) is 40.2 Å². The molecule has 4 nitrogen and oxygen atoms in total. The lowest BCUT2D eigenvalue weighted by atomic mass is 9.88. The minimum Gasteiger partial charge on any atom is -0.473 e. The van der Waals surface area contributed by atoms with Gasteiger partial charge >= 0.3 is 0 Å². The number of hydrogen-bond acceptors (Lipinski definition) is 4. The SMILES string of the molecule is O=C(NCCC(c1ccccc1)c1ccccc1)c1ccnc(OC2CCSC2)c1. The van der Waals surface area contributed by atoms with Crippen molar-refractivity contribution >= 4 is 17.7 Å². The number of hydrogen-bond donors (Lipinski definition) is 1. The highest BCUT2D eigenvalue weighted by Crippen LogP contribution is 2.27. The quantitative estimate of drug-likeness (QED) is 0.564. The fraction of sp³-hybridized carbons (Fsp3) is 0.280. The smallest absolute Gasteiger partial charge is 0.251 e. The highest BCUT2D eigenvalue weighted by Gasteiger charge is 2.18. The van der Waals surface area contributed by atoms with Crippen molar-refractivity contribution in [2.75, 3.05) is 18.1 Å². The molecule has 0 aliphatic carbocycles. The van der Waals surface area contributed by atoms with Crippen molar-refractivity contribution in [1.29, 1.82) is 0 Å². The molecule has 1 aliphatic heterocycles. The molecule has 154 valence electrons. The molecule has 1 saturated heterocycles. The van der Waals surface area contributed by atoms with Gasteiger partial charge in [0.1, 0.15) is 6.10 Å². The molecular formula is C25H26N2O2S. The average Bonchev–Trinajstić information content (AvgIpc) is 3.31. The third kappa shape index (κ3) is 5.42. The first kappa shape index (κ1) is 20.5. The number of pyridine rings is 1. The Labute approximate surface area is 182 Å². The van der Waals surface area contributed by atoms with E-state index in [2.05, 4.69) is 58.8 Å². The second-order valence-electron chi connectivity index (χ2n) is 7.40. The normalized spacial score (nSPS) is 15.8. The van der Waals surface area contributed by atoms with Gasteiger partial charge in [-0.15, -0.1) is 0 Å². The maximum absolute atomic E-state index is 12.7. The van der Waals surface area contributed by atoms with Crippen molar-refractivity contribution in [1.82, 2.24) is 10.3 Å². The molecule has 0 radical (unpaired) electrons. The van der Waals surface area contributed by atoms with Crippen LogP contribution < -0.4 is 10.1 Å². The van der Waals surface area contributed by atoms with Crippen LogP contribution in [0.15, 0.2) is 79.0 Å². The minimum absolute atomic E-state index is 0.0945. The number of nitrogens with zero attached hydrogens (tertiary/aromatic N) is 1. The lowest BCUT2D eigenvalue weighted by Crippen LogP contribution is -2.26. The molecule has 5 heteroatoms. The molecule has 1 aliphatic rings. The zero-order chi connectivity index (χ0) is 20.6. The molecule has 1 unspecified atom stereocenters. The van der Waals surface area contributed by atoms with E-state index in [1.807, 2.05) is 23.9 Å². The fourth-order valence-corrected chi connectivity index (χ4v) is 4.81. The maximum Gasteiger partial charge on any atom is 0.251 e. The zero-order valence-electron chi connectivity index (χ0n) is 16.9. The Hall–Kier alpha value is -2.79. The average molecular weight is 419 g/mol. The van der Waals surface area contributed by atoms with Crippen molar-refractivity contribution in [3.8, 4) is 5.88 Å². The molecule has 0 saturated carbocycles. The topological polar surface area (TPSA) is 51.2 Å². The molecule has 1 fully saturated rings. The Kier molecular flexibility index (Phi) is 7.03. The van der Waals surface area contributed by atoms with E-state index in [0.717, 1.165) is 24.3 Å². The van der Waals surface area contributed by atoms with Crippen LogP contribution in [0.3, 0.4) is 0 Å². The van der Waals surface area contributed by atoms with Gasteiger partial charge in [-0.3, -0.25) is 4.79 Å². The maximum atomic E-state index is 12.7. The van der Waals surface area contributed by atoms with Gasteiger partial charge in [-0.2, -0.15) is 11.8 Å². The molecule has 3 aromatic rings. The molecule has 4 rings (SSSR count). The van der Waals surface area contributed by atoms with Gasteiger partial charge in [-0.25, -0.2) is 4.98 Å². The summed E-state index contributed by atoms with van der Waals surface area (Å²) in [6.45, 7) is 0.588. The molecular weight excluding hydrogens is 392 g/mol. The van der Waals surface area contributed by atoms with Crippen molar-refractivity contribution in [3.63, 3.8) is 0 Å². The van der Waals surface area contributed by atoms with Crippen molar-refractivity contribution in [2.45, 2.75) is 24.9 Å². The predicted octanol–water partition coefficient (Wildman–Crippen LogP) is 4.92. The number of thioether (sulfide) groups is 1. The first-order valence-corrected chi connectivity index (χ1v) is 11.5. The highest BCUT2D eigenvalue weighted by atomic mass is 32.2. The lowest BCUT2D eigenvalue weighted by molar-refractivity contribution is 0.0951. The van der Waals surface area contributed by atoms with E-state index >= 15 is 0 Å². The van der Waals surface area contributed by atoms with E-state index in [-0.39, 0.29) is 17.9 Å². The summed E-state index contributed by atoms with van der Waals surface area (Å²) in [5, 5.41) is 3.06. The zero-order valence-corrected chi connectivity index (χ0v) is 17.7. The van der Waals surface area contributed by atoms with Gasteiger partial charge in [0.2, 0.25) is 5.88 Å². The summed E-state index contributed by atoms with van der Waals surface area (Å²) in [5.74, 6) is 2.78. The fourth-order valence-electron chi connectivity index (χ4n) is 3.72. The summed E-state index contributed by atoms with van der Waals surface area (Å²) in [6, 6.07) is 24.4. The Morgan fingerprint density at radius 1 is 1.07 bits per heavy atom. The molecule has 1 amide bonds. The van der Waals surface area contributed by atoms with E-state index in [4.69, 9.17) is 4.74 Å². The summed E-state index contributed by atoms with van der Waals surface area (Å²) < 4.78 is 5.91. The molecule has 1 atom stereocenters. The van der Waals surface area contributed by atoms with E-state index < -0.39 is 0 Å². The molecule has 1 N–H and O–H groups in total. The number of ether oxygens (including phenoxy) is 1. The molecule has 1 aromatic heterocycles. The Morgan fingerprint density at radius 2 is 1.77 bits per heavy atom. The van der Waals surface area contributed by atoms with Gasteiger partial charge < -0.3 is 10.1 Å². The summed E-state index contributed by atoms with van der Waals surface area (Å²) in [5.41, 5.74) is 3.10. The van der Waals surface area contributed by atoms with Gasteiger partial charge in [-0.05, 0) is 35.8 Å². The predicted molar refractivity (Wildman–Crippen MR) is 122 cm³/mol. The molecule has 2 heterocycles. The van der Waals surface area contributed by atoms with Crippen LogP contribution >= 0.6 is 11.8 Å². The van der Waals surface area contributed by atoms with Gasteiger partial charge in [0.05, 0.1) is 0 Å². The summed E-state index contributed by atoms with van der Waals surface area (Å²) in [4.78, 5) is 17.0. The lowest BCUT2D eigenvalue weighted by Gasteiger charge is -2.18. The Bertz CT molecular complexity index is 904. The van der Waals surface area contributed by atoms with Crippen LogP contribution in [0.4, 0.5) is 0 Å². The monoisotopic (exact) mass is 418 g/mol. The third-order valence-corrected chi connectivity index (χ3v) is 6.43. The number of benzene rings is 2. The highest BCUT2D eigenvalue weighted by molar-refractivity contribution is 7.99. The van der Waals surface area contributed by atoms with E-state index in [1.54, 1.807) is 18.3 Å². The van der Waals surface area contributed by atoms with E-state index in [0.29, 0.717) is 18.0 Å². The minimum atomic E-state index is -0.0945. The van der Waals surface area contributed by atoms with E-state index in [1.165, 1.54) is 11.1 Å². The number of rotatable bonds is 8. The summed E-state index contributed by atoms with van der Waals surface area (Å²) in [6.07, 6.45) is 3.69. The van der Waals surface area contributed by atoms with Gasteiger partial charge in [0.25, 0.3) is 5.91 Å². The number of carbonyl (C=O) groups is 1. The molecule has 30 heavy (non-hydrogen) atoms. The number of carbonyl (C=O) groups excluding carboxylic acids is 1. The van der Waals surface area contributed by atoms with Crippen LogP contribution in [0.2, 0.25) is 0 Å². The third-order valence-electron chi connectivity index (χ3n) is 5.29. The van der Waals surface area contributed by atoms with Crippen molar-refractivity contribution in [2.24, 2.45) is 0 Å². The number of aromatic nitrogens is 1. The summed E-state index contributed by atoms with van der Waals surface area (Å²) in [7, 11) is 0. The van der Waals surface area contributed by atoms with Gasteiger partial charge in [0, 0.05) is 36.0 Å². The Balaban J connectivity index is 1.38. The second-order valence-corrected chi connectivity index (χ2v) is 8.55. The standard InChI is InChI=1S/C25H26N2O2S/c28-25(21-11-14-26-24(17-21)29-22-13-16-30-18-22)27-15-12-23(19-7-3-1-4-8-19)20-9-5-2-6-10-20/h1-11,14,17,22-23H,12-13,15-16,18H2,(H,27,28). The molecule has 0 spiro atoms. The van der Waals surface area contributed by atoms with Crippen LogP contribution in [0.5, 0.6) is 5.88 Å². The second kappa shape index (κ2) is 10.3. The van der Waals surface area contributed by atoms with Crippen molar-refractivity contribution < 1.29 is 9.53 Å². The van der Waals surface area contributed by atoms with Crippen molar-refractivity contribution in [3.05, 3.63) is 95.7 Å². The number of amides is 1. The number of nitrogens with one attached hydrogen (secondary N) is 1. The largest absolute Gasteiger partial charge is 0.473 e. The molecule has 0 bridgehead atoms. The van der Waals surface area contributed by atoms with E-state index in [9.17, 15) is 4.79 Å². The Morgan fingerprint density at radius 3 is 2.40 bits per heavy atom.